The third-order valence-corrected chi connectivity index (χ3v) is 5.21. The highest BCUT2D eigenvalue weighted by Crippen LogP contribution is 2.30. The molecule has 0 N–H and O–H groups in total. The maximum absolute atomic E-state index is 12.6. The number of carbonyl (C=O) groups excluding carboxylic acids is 1. The van der Waals surface area contributed by atoms with Gasteiger partial charge in [-0.15, -0.1) is 0 Å². The number of likely N-dealkylation sites (N-methyl/N-ethyl adjacent to an activating group) is 2. The molecule has 0 bridgehead atoms. The maximum atomic E-state index is 12.6. The third-order valence-electron chi connectivity index (χ3n) is 5.21. The first kappa shape index (κ1) is 17.0. The number of hydrogen-bond acceptors (Lipinski definition) is 2. The SMILES string of the molecule is CN(CC1(N(C)C)CC[N+](C)(C)CC1)C(=O)c1ccccc1. The monoisotopic (exact) mass is 304 g/mol. The number of piperidine rings is 1. The lowest BCUT2D eigenvalue weighted by atomic mass is 9.84. The van der Waals surface area contributed by atoms with E-state index in [1.165, 1.54) is 0 Å². The van der Waals surface area contributed by atoms with Crippen molar-refractivity contribution in [1.82, 2.24) is 9.80 Å². The molecule has 2 rings (SSSR count). The molecular weight excluding hydrogens is 274 g/mol. The Hall–Kier alpha value is -1.39. The van der Waals surface area contributed by atoms with Gasteiger partial charge in [0.05, 0.1) is 27.2 Å². The molecule has 4 nitrogen and oxygen atoms in total. The number of likely N-dealkylation sites (tertiary alicyclic amines) is 1. The van der Waals surface area contributed by atoms with Crippen molar-refractivity contribution in [2.45, 2.75) is 18.4 Å². The van der Waals surface area contributed by atoms with Crippen molar-refractivity contribution in [1.29, 1.82) is 0 Å². The van der Waals surface area contributed by atoms with Crippen LogP contribution in [0.2, 0.25) is 0 Å². The highest BCUT2D eigenvalue weighted by atomic mass is 16.2. The molecule has 1 saturated heterocycles. The molecule has 0 saturated carbocycles. The van der Waals surface area contributed by atoms with Gasteiger partial charge in [-0.3, -0.25) is 4.79 Å². The molecule has 0 radical (unpaired) electrons. The second-order valence-electron chi connectivity index (χ2n) is 7.53. The van der Waals surface area contributed by atoms with Crippen molar-refractivity contribution < 1.29 is 9.28 Å². The Bertz CT molecular complexity index is 500. The summed E-state index contributed by atoms with van der Waals surface area (Å²) in [5.74, 6) is 0.112. The average Bonchev–Trinajstić information content (AvgIpc) is 2.49. The van der Waals surface area contributed by atoms with Gasteiger partial charge in [0.25, 0.3) is 5.91 Å². The summed E-state index contributed by atoms with van der Waals surface area (Å²) in [6.45, 7) is 3.10. The molecule has 0 spiro atoms. The lowest BCUT2D eigenvalue weighted by molar-refractivity contribution is -0.896. The van der Waals surface area contributed by atoms with Crippen LogP contribution in [-0.2, 0) is 0 Å². The molecule has 0 aromatic heterocycles. The summed E-state index contributed by atoms with van der Waals surface area (Å²) >= 11 is 0. The molecule has 0 atom stereocenters. The Balaban J connectivity index is 2.10. The highest BCUT2D eigenvalue weighted by Gasteiger charge is 2.42. The fourth-order valence-corrected chi connectivity index (χ4v) is 3.32. The lowest BCUT2D eigenvalue weighted by Gasteiger charge is -2.49. The quantitative estimate of drug-likeness (QED) is 0.794. The zero-order valence-electron chi connectivity index (χ0n) is 14.7. The van der Waals surface area contributed by atoms with Gasteiger partial charge in [-0.2, -0.15) is 0 Å². The molecule has 1 aliphatic heterocycles. The van der Waals surface area contributed by atoms with E-state index in [-0.39, 0.29) is 11.4 Å². The van der Waals surface area contributed by atoms with Crippen LogP contribution in [0.3, 0.4) is 0 Å². The molecule has 1 amide bonds. The van der Waals surface area contributed by atoms with Crippen molar-refractivity contribution in [2.75, 3.05) is 54.9 Å². The molecule has 1 aromatic carbocycles. The lowest BCUT2D eigenvalue weighted by Crippen LogP contribution is -2.61. The standard InChI is InChI=1S/C18H30N3O/c1-19(2)18(11-13-21(4,5)14-12-18)15-20(3)17(22)16-9-7-6-8-10-16/h6-10H,11-15H2,1-5H3/q+1. The molecule has 122 valence electrons. The predicted octanol–water partition coefficient (Wildman–Crippen LogP) is 1.93. The number of hydrogen-bond donors (Lipinski definition) is 0. The summed E-state index contributed by atoms with van der Waals surface area (Å²) in [5, 5.41) is 0. The van der Waals surface area contributed by atoms with Gasteiger partial charge in [0.2, 0.25) is 0 Å². The fraction of sp³-hybridized carbons (Fsp3) is 0.611. The summed E-state index contributed by atoms with van der Waals surface area (Å²) in [6.07, 6.45) is 2.25. The van der Waals surface area contributed by atoms with Crippen LogP contribution in [0.1, 0.15) is 23.2 Å². The van der Waals surface area contributed by atoms with Crippen LogP contribution >= 0.6 is 0 Å². The predicted molar refractivity (Wildman–Crippen MR) is 90.9 cm³/mol. The number of quaternary nitrogens is 1. The van der Waals surface area contributed by atoms with Gasteiger partial charge in [0.1, 0.15) is 0 Å². The Morgan fingerprint density at radius 3 is 2.14 bits per heavy atom. The zero-order valence-corrected chi connectivity index (χ0v) is 14.7. The van der Waals surface area contributed by atoms with E-state index in [0.29, 0.717) is 0 Å². The first-order chi connectivity index (χ1) is 10.3. The Morgan fingerprint density at radius 2 is 1.64 bits per heavy atom. The van der Waals surface area contributed by atoms with Crippen LogP contribution in [-0.4, -0.2) is 80.6 Å². The van der Waals surface area contributed by atoms with Gasteiger partial charge in [-0.05, 0) is 26.2 Å². The van der Waals surface area contributed by atoms with E-state index < -0.39 is 0 Å². The van der Waals surface area contributed by atoms with Crippen LogP contribution in [0.15, 0.2) is 30.3 Å². The minimum atomic E-state index is 0.0902. The molecule has 22 heavy (non-hydrogen) atoms. The second-order valence-corrected chi connectivity index (χ2v) is 7.53. The number of nitrogens with zero attached hydrogens (tertiary/aromatic N) is 3. The Kier molecular flexibility index (Phi) is 4.93. The van der Waals surface area contributed by atoms with Gasteiger partial charge >= 0.3 is 0 Å². The number of carbonyl (C=O) groups is 1. The summed E-state index contributed by atoms with van der Waals surface area (Å²) in [4.78, 5) is 16.8. The Morgan fingerprint density at radius 1 is 1.09 bits per heavy atom. The van der Waals surface area contributed by atoms with E-state index >= 15 is 0 Å². The Labute approximate surface area is 134 Å². The number of rotatable bonds is 4. The summed E-state index contributed by atoms with van der Waals surface area (Å²) in [7, 11) is 10.8. The van der Waals surface area contributed by atoms with E-state index in [2.05, 4.69) is 33.1 Å². The second kappa shape index (κ2) is 6.39. The van der Waals surface area contributed by atoms with Crippen LogP contribution in [0.25, 0.3) is 0 Å². The molecule has 1 aromatic rings. The molecule has 1 aliphatic rings. The smallest absolute Gasteiger partial charge is 0.253 e. The number of amides is 1. The molecular formula is C18H30N3O+. The summed E-state index contributed by atoms with van der Waals surface area (Å²) < 4.78 is 1.08. The summed E-state index contributed by atoms with van der Waals surface area (Å²) in [5.41, 5.74) is 0.860. The largest absolute Gasteiger partial charge is 0.340 e. The maximum Gasteiger partial charge on any atom is 0.253 e. The van der Waals surface area contributed by atoms with Gasteiger partial charge in [-0.25, -0.2) is 0 Å². The van der Waals surface area contributed by atoms with Crippen molar-refractivity contribution in [3.63, 3.8) is 0 Å². The minimum Gasteiger partial charge on any atom is -0.340 e. The van der Waals surface area contributed by atoms with Crippen LogP contribution in [0, 0.1) is 0 Å². The van der Waals surface area contributed by atoms with Gasteiger partial charge in [0.15, 0.2) is 0 Å². The third kappa shape index (κ3) is 3.68. The van der Waals surface area contributed by atoms with Crippen LogP contribution in [0.5, 0.6) is 0 Å². The topological polar surface area (TPSA) is 23.6 Å². The van der Waals surface area contributed by atoms with Crippen molar-refractivity contribution >= 4 is 5.91 Å². The summed E-state index contributed by atoms with van der Waals surface area (Å²) in [6, 6.07) is 9.57. The first-order valence-corrected chi connectivity index (χ1v) is 8.06. The van der Waals surface area contributed by atoms with E-state index in [0.717, 1.165) is 42.5 Å². The highest BCUT2D eigenvalue weighted by molar-refractivity contribution is 5.94. The zero-order chi connectivity index (χ0) is 16.4. The van der Waals surface area contributed by atoms with E-state index in [1.807, 2.05) is 42.3 Å². The van der Waals surface area contributed by atoms with Gasteiger partial charge in [0, 0.05) is 37.5 Å². The van der Waals surface area contributed by atoms with Crippen LogP contribution in [0.4, 0.5) is 0 Å². The van der Waals surface area contributed by atoms with Crippen molar-refractivity contribution in [2.24, 2.45) is 0 Å². The van der Waals surface area contributed by atoms with Gasteiger partial charge in [-0.1, -0.05) is 18.2 Å². The van der Waals surface area contributed by atoms with E-state index in [1.54, 1.807) is 0 Å². The molecule has 1 fully saturated rings. The normalized spacial score (nSPS) is 19.9. The minimum absolute atomic E-state index is 0.0902. The fourth-order valence-electron chi connectivity index (χ4n) is 3.32. The first-order valence-electron chi connectivity index (χ1n) is 8.06. The van der Waals surface area contributed by atoms with E-state index in [9.17, 15) is 4.79 Å². The number of benzene rings is 1. The van der Waals surface area contributed by atoms with Gasteiger partial charge < -0.3 is 14.3 Å². The molecule has 4 heteroatoms. The van der Waals surface area contributed by atoms with Crippen LogP contribution < -0.4 is 0 Å². The average molecular weight is 304 g/mol. The van der Waals surface area contributed by atoms with Crippen molar-refractivity contribution in [3.05, 3.63) is 35.9 Å². The van der Waals surface area contributed by atoms with Crippen molar-refractivity contribution in [3.8, 4) is 0 Å². The van der Waals surface area contributed by atoms with E-state index in [4.69, 9.17) is 0 Å². The molecule has 1 heterocycles. The molecule has 0 unspecified atom stereocenters. The molecule has 0 aliphatic carbocycles.